The van der Waals surface area contributed by atoms with E-state index in [4.69, 9.17) is 4.74 Å². The number of benzene rings is 1. The van der Waals surface area contributed by atoms with Crippen molar-refractivity contribution in [1.82, 2.24) is 4.90 Å². The number of para-hydroxylation sites is 1. The third-order valence-electron chi connectivity index (χ3n) is 3.30. The van der Waals surface area contributed by atoms with Gasteiger partial charge < -0.3 is 9.64 Å². The molecule has 0 aliphatic carbocycles. The highest BCUT2D eigenvalue weighted by atomic mass is 16.6. The minimum absolute atomic E-state index is 0.00444. The highest BCUT2D eigenvalue weighted by Gasteiger charge is 2.27. The van der Waals surface area contributed by atoms with Crippen LogP contribution in [0.1, 0.15) is 19.4 Å². The Labute approximate surface area is 117 Å². The molecule has 108 valence electrons. The minimum Gasteiger partial charge on any atom is -0.372 e. The first-order valence-corrected chi connectivity index (χ1v) is 6.63. The monoisotopic (exact) mass is 278 g/mol. The van der Waals surface area contributed by atoms with Crippen LogP contribution in [0.3, 0.4) is 0 Å². The molecular formula is C14H18N2O4. The lowest BCUT2D eigenvalue weighted by Crippen LogP contribution is -2.48. The van der Waals surface area contributed by atoms with Gasteiger partial charge in [-0.15, -0.1) is 0 Å². The molecule has 6 heteroatoms. The third kappa shape index (κ3) is 3.33. The van der Waals surface area contributed by atoms with Crippen LogP contribution < -0.4 is 0 Å². The van der Waals surface area contributed by atoms with Gasteiger partial charge in [-0.25, -0.2) is 0 Å². The summed E-state index contributed by atoms with van der Waals surface area (Å²) in [5, 5.41) is 10.9. The van der Waals surface area contributed by atoms with E-state index in [1.165, 1.54) is 6.07 Å². The second-order valence-corrected chi connectivity index (χ2v) is 5.12. The predicted octanol–water partition coefficient (Wildman–Crippen LogP) is 1.77. The van der Waals surface area contributed by atoms with Crippen molar-refractivity contribution in [1.29, 1.82) is 0 Å². The van der Waals surface area contributed by atoms with Gasteiger partial charge in [0, 0.05) is 24.7 Å². The maximum absolute atomic E-state index is 12.3. The van der Waals surface area contributed by atoms with Crippen molar-refractivity contribution in [3.8, 4) is 0 Å². The van der Waals surface area contributed by atoms with Crippen LogP contribution in [0.4, 0.5) is 5.69 Å². The quantitative estimate of drug-likeness (QED) is 0.624. The fraction of sp³-hybridized carbons (Fsp3) is 0.500. The van der Waals surface area contributed by atoms with Gasteiger partial charge in [0.15, 0.2) is 0 Å². The number of carbonyl (C=O) groups is 1. The largest absolute Gasteiger partial charge is 0.372 e. The number of hydrogen-bond donors (Lipinski definition) is 0. The van der Waals surface area contributed by atoms with Gasteiger partial charge in [-0.1, -0.05) is 18.2 Å². The molecule has 1 aromatic carbocycles. The number of nitro benzene ring substituents is 1. The maximum atomic E-state index is 12.3. The molecule has 1 amide bonds. The van der Waals surface area contributed by atoms with Crippen LogP contribution in [-0.4, -0.2) is 41.0 Å². The standard InChI is InChI=1S/C14H18N2O4/c1-10-8-15(9-11(2)20-10)14(17)7-12-5-3-4-6-13(12)16(18)19/h3-6,10-11H,7-9H2,1-2H3/t10-,11-/m1/s1. The first-order valence-electron chi connectivity index (χ1n) is 6.63. The highest BCUT2D eigenvalue weighted by Crippen LogP contribution is 2.20. The summed E-state index contributed by atoms with van der Waals surface area (Å²) in [6.07, 6.45) is 0.0401. The second kappa shape index (κ2) is 6.00. The molecule has 1 saturated heterocycles. The number of carbonyl (C=O) groups excluding carboxylic acids is 1. The lowest BCUT2D eigenvalue weighted by atomic mass is 10.1. The summed E-state index contributed by atoms with van der Waals surface area (Å²) in [6, 6.07) is 6.36. The van der Waals surface area contributed by atoms with Crippen LogP contribution in [0.25, 0.3) is 0 Å². The van der Waals surface area contributed by atoms with E-state index in [9.17, 15) is 14.9 Å². The van der Waals surface area contributed by atoms with Crippen molar-refractivity contribution in [3.05, 3.63) is 39.9 Å². The summed E-state index contributed by atoms with van der Waals surface area (Å²) < 4.78 is 5.58. The number of nitro groups is 1. The van der Waals surface area contributed by atoms with Crippen LogP contribution in [0.5, 0.6) is 0 Å². The van der Waals surface area contributed by atoms with Gasteiger partial charge in [0.05, 0.1) is 23.6 Å². The smallest absolute Gasteiger partial charge is 0.273 e. The van der Waals surface area contributed by atoms with Crippen molar-refractivity contribution in [2.24, 2.45) is 0 Å². The van der Waals surface area contributed by atoms with Gasteiger partial charge >= 0.3 is 0 Å². The van der Waals surface area contributed by atoms with Gasteiger partial charge in [-0.05, 0) is 13.8 Å². The molecule has 1 fully saturated rings. The fourth-order valence-corrected chi connectivity index (χ4v) is 2.49. The summed E-state index contributed by atoms with van der Waals surface area (Å²) in [4.78, 5) is 24.5. The average Bonchev–Trinajstić information content (AvgIpc) is 2.37. The Morgan fingerprint density at radius 2 is 1.95 bits per heavy atom. The molecule has 2 rings (SSSR count). The molecule has 0 radical (unpaired) electrons. The highest BCUT2D eigenvalue weighted by molar-refractivity contribution is 5.80. The number of amides is 1. The zero-order valence-corrected chi connectivity index (χ0v) is 11.6. The number of hydrogen-bond acceptors (Lipinski definition) is 4. The van der Waals surface area contributed by atoms with Crippen LogP contribution >= 0.6 is 0 Å². The van der Waals surface area contributed by atoms with Gasteiger partial charge in [-0.2, -0.15) is 0 Å². The summed E-state index contributed by atoms with van der Waals surface area (Å²) in [7, 11) is 0. The molecule has 0 unspecified atom stereocenters. The molecule has 2 atom stereocenters. The molecule has 0 saturated carbocycles. The molecule has 1 aromatic rings. The second-order valence-electron chi connectivity index (χ2n) is 5.12. The summed E-state index contributed by atoms with van der Waals surface area (Å²) in [6.45, 7) is 4.90. The number of rotatable bonds is 3. The van der Waals surface area contributed by atoms with Gasteiger partial charge in [0.25, 0.3) is 5.69 Å². The van der Waals surface area contributed by atoms with Gasteiger partial charge in [-0.3, -0.25) is 14.9 Å². The Morgan fingerprint density at radius 3 is 2.55 bits per heavy atom. The van der Waals surface area contributed by atoms with Crippen LogP contribution in [-0.2, 0) is 16.0 Å². The predicted molar refractivity (Wildman–Crippen MR) is 73.4 cm³/mol. The number of ether oxygens (including phenoxy) is 1. The first-order chi connectivity index (χ1) is 9.47. The normalized spacial score (nSPS) is 22.6. The number of morpholine rings is 1. The Balaban J connectivity index is 2.10. The molecule has 0 spiro atoms. The van der Waals surface area contributed by atoms with Crippen LogP contribution in [0.2, 0.25) is 0 Å². The SMILES string of the molecule is C[C@@H]1CN(C(=O)Cc2ccccc2[N+](=O)[O-])C[C@@H](C)O1. The molecule has 1 aliphatic heterocycles. The molecule has 0 aromatic heterocycles. The molecule has 20 heavy (non-hydrogen) atoms. The van der Waals surface area contributed by atoms with E-state index in [2.05, 4.69) is 0 Å². The Bertz CT molecular complexity index is 508. The van der Waals surface area contributed by atoms with Crippen LogP contribution in [0, 0.1) is 10.1 Å². The van der Waals surface area contributed by atoms with Crippen molar-refractivity contribution in [2.45, 2.75) is 32.5 Å². The molecule has 1 heterocycles. The Kier molecular flexibility index (Phi) is 4.34. The zero-order chi connectivity index (χ0) is 14.7. The Hall–Kier alpha value is -1.95. The fourth-order valence-electron chi connectivity index (χ4n) is 2.49. The van der Waals surface area contributed by atoms with E-state index in [1.54, 1.807) is 23.1 Å². The topological polar surface area (TPSA) is 72.7 Å². The lowest BCUT2D eigenvalue weighted by Gasteiger charge is -2.35. The number of nitrogens with zero attached hydrogens (tertiary/aromatic N) is 2. The van der Waals surface area contributed by atoms with E-state index in [1.807, 2.05) is 13.8 Å². The summed E-state index contributed by atoms with van der Waals surface area (Å²) in [5.74, 6) is -0.0960. The lowest BCUT2D eigenvalue weighted by molar-refractivity contribution is -0.385. The molecule has 1 aliphatic rings. The van der Waals surface area contributed by atoms with E-state index in [-0.39, 0.29) is 30.2 Å². The maximum Gasteiger partial charge on any atom is 0.273 e. The van der Waals surface area contributed by atoms with Crippen molar-refractivity contribution in [3.63, 3.8) is 0 Å². The Morgan fingerprint density at radius 1 is 1.35 bits per heavy atom. The van der Waals surface area contributed by atoms with Crippen LogP contribution in [0.15, 0.2) is 24.3 Å². The van der Waals surface area contributed by atoms with E-state index in [0.29, 0.717) is 18.7 Å². The minimum atomic E-state index is -0.451. The van der Waals surface area contributed by atoms with E-state index >= 15 is 0 Å². The van der Waals surface area contributed by atoms with Crippen molar-refractivity contribution in [2.75, 3.05) is 13.1 Å². The zero-order valence-electron chi connectivity index (χ0n) is 11.6. The van der Waals surface area contributed by atoms with Crippen molar-refractivity contribution >= 4 is 11.6 Å². The molecule has 0 bridgehead atoms. The van der Waals surface area contributed by atoms with Gasteiger partial charge in [0.2, 0.25) is 5.91 Å². The molecular weight excluding hydrogens is 260 g/mol. The molecule has 6 nitrogen and oxygen atoms in total. The van der Waals surface area contributed by atoms with Gasteiger partial charge in [0.1, 0.15) is 0 Å². The van der Waals surface area contributed by atoms with Crippen molar-refractivity contribution < 1.29 is 14.5 Å². The third-order valence-corrected chi connectivity index (χ3v) is 3.30. The molecule has 0 N–H and O–H groups in total. The first kappa shape index (κ1) is 14.5. The van der Waals surface area contributed by atoms with E-state index in [0.717, 1.165) is 0 Å². The summed E-state index contributed by atoms with van der Waals surface area (Å²) >= 11 is 0. The van der Waals surface area contributed by atoms with E-state index < -0.39 is 4.92 Å². The summed E-state index contributed by atoms with van der Waals surface area (Å²) in [5.41, 5.74) is 0.449. The average molecular weight is 278 g/mol.